The quantitative estimate of drug-likeness (QED) is 0.528. The van der Waals surface area contributed by atoms with Gasteiger partial charge in [0.25, 0.3) is 5.91 Å². The van der Waals surface area contributed by atoms with E-state index in [2.05, 4.69) is 50.7 Å². The van der Waals surface area contributed by atoms with E-state index in [9.17, 15) is 9.59 Å². The van der Waals surface area contributed by atoms with Gasteiger partial charge in [-0.3, -0.25) is 4.79 Å². The molecule has 0 atom stereocenters. The van der Waals surface area contributed by atoms with Crippen LogP contribution < -0.4 is 15.7 Å². The molecule has 2 rings (SSSR count). The summed E-state index contributed by atoms with van der Waals surface area (Å²) in [4.78, 5) is 23.9. The zero-order valence-corrected chi connectivity index (χ0v) is 20.4. The van der Waals surface area contributed by atoms with Crippen molar-refractivity contribution in [2.45, 2.75) is 46.2 Å². The monoisotopic (exact) mass is 425 g/mol. The van der Waals surface area contributed by atoms with Gasteiger partial charge in [-0.2, -0.15) is 0 Å². The van der Waals surface area contributed by atoms with Gasteiger partial charge in [0.2, 0.25) is 0 Å². The Bertz CT molecular complexity index is 917. The number of hydrogen-bond donors (Lipinski definition) is 2. The largest absolute Gasteiger partial charge is 0.478 e. The normalized spacial score (nSPS) is 12.6. The topological polar surface area (TPSA) is 66.4 Å². The second kappa shape index (κ2) is 8.51. The number of carbonyl (C=O) groups excluding carboxylic acids is 1. The van der Waals surface area contributed by atoms with Crippen LogP contribution in [0, 0.1) is 0 Å². The highest BCUT2D eigenvalue weighted by Gasteiger charge is 2.24. The van der Waals surface area contributed by atoms with Crippen molar-refractivity contribution >= 4 is 50.2 Å². The summed E-state index contributed by atoms with van der Waals surface area (Å²) in [5.74, 6) is -1.06. The van der Waals surface area contributed by atoms with Crippen molar-refractivity contribution in [3.8, 4) is 0 Å². The van der Waals surface area contributed by atoms with Crippen LogP contribution in [0.4, 0.5) is 5.69 Å². The Labute approximate surface area is 175 Å². The third kappa shape index (κ3) is 6.27. The molecule has 6 heteroatoms. The van der Waals surface area contributed by atoms with Gasteiger partial charge in [-0.1, -0.05) is 80.0 Å². The number of carbonyl (C=O) groups is 2. The first-order valence-electron chi connectivity index (χ1n) is 9.76. The average molecular weight is 426 g/mol. The summed E-state index contributed by atoms with van der Waals surface area (Å²) in [7, 11) is -3.12. The first-order chi connectivity index (χ1) is 13.3. The van der Waals surface area contributed by atoms with Crippen molar-refractivity contribution in [3.63, 3.8) is 0 Å². The predicted molar refractivity (Wildman–Crippen MR) is 128 cm³/mol. The molecule has 0 aliphatic heterocycles. The Morgan fingerprint density at radius 2 is 1.34 bits per heavy atom. The lowest BCUT2D eigenvalue weighted by Gasteiger charge is -2.24. The molecule has 0 radical (unpaired) electrons. The summed E-state index contributed by atoms with van der Waals surface area (Å²) in [5.41, 5.74) is 2.44. The van der Waals surface area contributed by atoms with E-state index in [-0.39, 0.29) is 11.5 Å². The number of benzene rings is 2. The minimum Gasteiger partial charge on any atom is -0.478 e. The standard InChI is InChI=1S/C23H31NO3Si2/c1-16(23(26)27)12-17-8-10-19(11-9-17)24-22(25)18-13-20(28(2,3)4)15-21(14-18)29(5,6)7/h8-15H,1-7H3,(H,24,25)(H,26,27). The molecule has 4 nitrogen and oxygen atoms in total. The highest BCUT2D eigenvalue weighted by atomic mass is 28.3. The molecular formula is C23H31NO3Si2. The number of carboxylic acids is 1. The molecule has 0 spiro atoms. The molecule has 0 aliphatic carbocycles. The Morgan fingerprint density at radius 1 is 0.862 bits per heavy atom. The van der Waals surface area contributed by atoms with Gasteiger partial charge in [0.1, 0.15) is 0 Å². The van der Waals surface area contributed by atoms with E-state index in [0.717, 1.165) is 5.56 Å². The SMILES string of the molecule is CC(=Cc1ccc(NC(=O)c2cc([Si](C)(C)C)cc([Si](C)(C)C)c2)cc1)C(=O)O. The molecule has 0 heterocycles. The van der Waals surface area contributed by atoms with E-state index in [0.29, 0.717) is 11.3 Å². The van der Waals surface area contributed by atoms with E-state index >= 15 is 0 Å². The fourth-order valence-electron chi connectivity index (χ4n) is 2.80. The summed E-state index contributed by atoms with van der Waals surface area (Å²) in [6.07, 6.45) is 1.60. The Morgan fingerprint density at radius 3 is 1.76 bits per heavy atom. The van der Waals surface area contributed by atoms with Crippen LogP contribution in [0.3, 0.4) is 0 Å². The molecule has 2 aromatic carbocycles. The number of carboxylic acid groups (broad SMARTS) is 1. The molecule has 1 amide bonds. The predicted octanol–water partition coefficient (Wildman–Crippen LogP) is 4.52. The van der Waals surface area contributed by atoms with Crippen LogP contribution in [0.2, 0.25) is 39.3 Å². The summed E-state index contributed by atoms with van der Waals surface area (Å²) < 4.78 is 0. The van der Waals surface area contributed by atoms with Crippen LogP contribution in [0.15, 0.2) is 48.0 Å². The third-order valence-corrected chi connectivity index (χ3v) is 8.86. The smallest absolute Gasteiger partial charge is 0.331 e. The van der Waals surface area contributed by atoms with Crippen molar-refractivity contribution in [1.82, 2.24) is 0 Å². The van der Waals surface area contributed by atoms with Gasteiger partial charge < -0.3 is 10.4 Å². The Kier molecular flexibility index (Phi) is 6.70. The van der Waals surface area contributed by atoms with E-state index in [4.69, 9.17) is 5.11 Å². The summed E-state index contributed by atoms with van der Waals surface area (Å²) in [6, 6.07) is 13.6. The molecule has 154 valence electrons. The molecule has 0 aromatic heterocycles. The maximum Gasteiger partial charge on any atom is 0.331 e. The molecule has 0 saturated carbocycles. The van der Waals surface area contributed by atoms with Crippen LogP contribution in [0.1, 0.15) is 22.8 Å². The van der Waals surface area contributed by atoms with Crippen LogP contribution in [-0.2, 0) is 4.79 Å². The third-order valence-electron chi connectivity index (χ3n) is 4.82. The number of amides is 1. The average Bonchev–Trinajstić information content (AvgIpc) is 2.61. The van der Waals surface area contributed by atoms with Crippen LogP contribution in [-0.4, -0.2) is 33.1 Å². The molecule has 0 saturated heterocycles. The molecule has 0 aliphatic rings. The molecular weight excluding hydrogens is 394 g/mol. The van der Waals surface area contributed by atoms with Gasteiger partial charge in [0, 0.05) is 16.8 Å². The van der Waals surface area contributed by atoms with Gasteiger partial charge in [0.15, 0.2) is 0 Å². The van der Waals surface area contributed by atoms with Gasteiger partial charge in [-0.25, -0.2) is 4.79 Å². The molecule has 0 unspecified atom stereocenters. The number of rotatable bonds is 6. The minimum atomic E-state index is -1.56. The number of nitrogens with one attached hydrogen (secondary N) is 1. The number of aliphatic carboxylic acids is 1. The molecule has 2 aromatic rings. The Balaban J connectivity index is 2.31. The zero-order chi connectivity index (χ0) is 22.0. The summed E-state index contributed by atoms with van der Waals surface area (Å²) >= 11 is 0. The van der Waals surface area contributed by atoms with E-state index in [1.54, 1.807) is 37.3 Å². The maximum atomic E-state index is 13.0. The summed E-state index contributed by atoms with van der Waals surface area (Å²) in [6.45, 7) is 15.3. The van der Waals surface area contributed by atoms with Crippen molar-refractivity contribution in [2.75, 3.05) is 5.32 Å². The highest BCUT2D eigenvalue weighted by Crippen LogP contribution is 2.15. The highest BCUT2D eigenvalue weighted by molar-refractivity contribution is 6.91. The van der Waals surface area contributed by atoms with Crippen LogP contribution in [0.5, 0.6) is 0 Å². The summed E-state index contributed by atoms with van der Waals surface area (Å²) in [5, 5.41) is 14.6. The number of hydrogen-bond acceptors (Lipinski definition) is 2. The Hall–Kier alpha value is -2.45. The lowest BCUT2D eigenvalue weighted by atomic mass is 10.1. The van der Waals surface area contributed by atoms with E-state index in [1.807, 2.05) is 12.1 Å². The molecule has 0 fully saturated rings. The van der Waals surface area contributed by atoms with Crippen molar-refractivity contribution < 1.29 is 14.7 Å². The van der Waals surface area contributed by atoms with Gasteiger partial charge in [-0.05, 0) is 30.7 Å². The first kappa shape index (κ1) is 22.8. The second-order valence-corrected chi connectivity index (χ2v) is 19.7. The minimum absolute atomic E-state index is 0.116. The zero-order valence-electron chi connectivity index (χ0n) is 18.4. The van der Waals surface area contributed by atoms with E-state index in [1.165, 1.54) is 10.4 Å². The van der Waals surface area contributed by atoms with Crippen molar-refractivity contribution in [1.29, 1.82) is 0 Å². The molecule has 0 bridgehead atoms. The van der Waals surface area contributed by atoms with Crippen molar-refractivity contribution in [2.24, 2.45) is 0 Å². The van der Waals surface area contributed by atoms with Gasteiger partial charge >= 0.3 is 5.97 Å². The van der Waals surface area contributed by atoms with Gasteiger partial charge in [0.05, 0.1) is 16.1 Å². The lowest BCUT2D eigenvalue weighted by Crippen LogP contribution is -2.46. The van der Waals surface area contributed by atoms with Crippen LogP contribution >= 0.6 is 0 Å². The fraction of sp³-hybridized carbons (Fsp3) is 0.304. The second-order valence-electron chi connectivity index (χ2n) is 9.51. The molecule has 2 N–H and O–H groups in total. The maximum absolute atomic E-state index is 13.0. The first-order valence-corrected chi connectivity index (χ1v) is 16.8. The van der Waals surface area contributed by atoms with Gasteiger partial charge in [-0.15, -0.1) is 0 Å². The fourth-order valence-corrected chi connectivity index (χ4v) is 5.30. The number of anilines is 1. The van der Waals surface area contributed by atoms with Crippen molar-refractivity contribution in [3.05, 3.63) is 59.2 Å². The van der Waals surface area contributed by atoms with Crippen LogP contribution in [0.25, 0.3) is 6.08 Å². The van der Waals surface area contributed by atoms with E-state index < -0.39 is 22.1 Å². The molecule has 29 heavy (non-hydrogen) atoms. The lowest BCUT2D eigenvalue weighted by molar-refractivity contribution is -0.132.